The van der Waals surface area contributed by atoms with Crippen molar-refractivity contribution in [2.75, 3.05) is 18.6 Å². The molecule has 0 fully saturated rings. The summed E-state index contributed by atoms with van der Waals surface area (Å²) in [5, 5.41) is 13.4. The third-order valence-corrected chi connectivity index (χ3v) is 4.43. The van der Waals surface area contributed by atoms with Gasteiger partial charge in [0.05, 0.1) is 24.1 Å². The third-order valence-electron chi connectivity index (χ3n) is 3.27. The average molecular weight is 393 g/mol. The summed E-state index contributed by atoms with van der Waals surface area (Å²) in [6.07, 6.45) is 0. The summed E-state index contributed by atoms with van der Waals surface area (Å²) in [7, 11) is 1.46. The first-order valence-electron chi connectivity index (χ1n) is 7.56. The van der Waals surface area contributed by atoms with Gasteiger partial charge in [0, 0.05) is 10.8 Å². The van der Waals surface area contributed by atoms with Gasteiger partial charge in [0.15, 0.2) is 0 Å². The highest BCUT2D eigenvalue weighted by atomic mass is 35.5. The minimum Gasteiger partial charge on any atom is -0.496 e. The molecule has 0 unspecified atom stereocenters. The molecule has 0 aromatic heterocycles. The summed E-state index contributed by atoms with van der Waals surface area (Å²) in [6.45, 7) is 0. The number of methoxy groups -OCH3 is 1. The van der Waals surface area contributed by atoms with Crippen molar-refractivity contribution in [3.63, 3.8) is 0 Å². The smallest absolute Gasteiger partial charge is 0.313 e. The van der Waals surface area contributed by atoms with Gasteiger partial charge in [0.25, 0.3) is 5.91 Å². The molecule has 2 N–H and O–H groups in total. The number of thioether (sulfide) groups is 1. The molecule has 136 valence electrons. The van der Waals surface area contributed by atoms with E-state index in [1.54, 1.807) is 12.1 Å². The van der Waals surface area contributed by atoms with E-state index in [0.717, 1.165) is 5.56 Å². The van der Waals surface area contributed by atoms with Crippen LogP contribution in [-0.4, -0.2) is 41.3 Å². The Balaban J connectivity index is 2.20. The lowest BCUT2D eigenvalue weighted by Crippen LogP contribution is -2.22. The van der Waals surface area contributed by atoms with Crippen molar-refractivity contribution in [2.45, 2.75) is 0 Å². The lowest BCUT2D eigenvalue weighted by Gasteiger charge is -2.09. The van der Waals surface area contributed by atoms with Gasteiger partial charge >= 0.3 is 5.97 Å². The lowest BCUT2D eigenvalue weighted by molar-refractivity contribution is -0.133. The number of carbonyl (C=O) groups is 2. The molecule has 0 aliphatic rings. The molecular formula is C18H17ClN2O4S. The van der Waals surface area contributed by atoms with Crippen LogP contribution in [0.1, 0.15) is 15.9 Å². The van der Waals surface area contributed by atoms with Crippen molar-refractivity contribution in [3.8, 4) is 5.75 Å². The highest BCUT2D eigenvalue weighted by Gasteiger charge is 2.13. The van der Waals surface area contributed by atoms with Gasteiger partial charge < -0.3 is 9.84 Å². The number of hydrogen-bond donors (Lipinski definition) is 2. The third kappa shape index (κ3) is 5.79. The van der Waals surface area contributed by atoms with E-state index in [9.17, 15) is 9.59 Å². The topological polar surface area (TPSA) is 88.0 Å². The zero-order valence-corrected chi connectivity index (χ0v) is 15.5. The molecule has 0 saturated heterocycles. The largest absolute Gasteiger partial charge is 0.496 e. The van der Waals surface area contributed by atoms with E-state index in [4.69, 9.17) is 21.4 Å². The number of halogens is 1. The highest BCUT2D eigenvalue weighted by Crippen LogP contribution is 2.22. The molecule has 1 amide bonds. The van der Waals surface area contributed by atoms with Gasteiger partial charge in [-0.3, -0.25) is 9.59 Å². The van der Waals surface area contributed by atoms with Gasteiger partial charge in [-0.15, -0.1) is 11.8 Å². The van der Waals surface area contributed by atoms with Crippen LogP contribution in [0, 0.1) is 0 Å². The van der Waals surface area contributed by atoms with Gasteiger partial charge in [0.2, 0.25) is 0 Å². The zero-order chi connectivity index (χ0) is 18.9. The second-order valence-corrected chi connectivity index (χ2v) is 6.52. The summed E-state index contributed by atoms with van der Waals surface area (Å²) in [6, 6.07) is 13.9. The van der Waals surface area contributed by atoms with Crippen molar-refractivity contribution >= 4 is 41.0 Å². The van der Waals surface area contributed by atoms with E-state index in [-0.39, 0.29) is 11.3 Å². The Morgan fingerprint density at radius 2 is 1.92 bits per heavy atom. The minimum atomic E-state index is -0.907. The van der Waals surface area contributed by atoms with Crippen LogP contribution in [0.15, 0.2) is 53.6 Å². The number of ether oxygens (including phenoxy) is 1. The quantitative estimate of drug-likeness (QED) is 0.531. The first-order chi connectivity index (χ1) is 12.5. The number of hydrazone groups is 1. The Bertz CT molecular complexity index is 812. The fourth-order valence-corrected chi connectivity index (χ4v) is 2.96. The first-order valence-corrected chi connectivity index (χ1v) is 9.10. The maximum Gasteiger partial charge on any atom is 0.313 e. The van der Waals surface area contributed by atoms with Gasteiger partial charge in [-0.05, 0) is 23.8 Å². The molecule has 2 rings (SSSR count). The Labute approximate surface area is 160 Å². The molecule has 0 aliphatic carbocycles. The summed E-state index contributed by atoms with van der Waals surface area (Å²) >= 11 is 7.14. The van der Waals surface area contributed by atoms with Gasteiger partial charge in [-0.1, -0.05) is 41.9 Å². The van der Waals surface area contributed by atoms with E-state index in [2.05, 4.69) is 10.5 Å². The van der Waals surface area contributed by atoms with Crippen LogP contribution < -0.4 is 10.2 Å². The monoisotopic (exact) mass is 392 g/mol. The second-order valence-electron chi connectivity index (χ2n) is 5.10. The summed E-state index contributed by atoms with van der Waals surface area (Å²) in [5.41, 5.74) is 4.10. The molecule has 6 nitrogen and oxygen atoms in total. The Morgan fingerprint density at radius 1 is 1.19 bits per heavy atom. The minimum absolute atomic E-state index is 0.0537. The van der Waals surface area contributed by atoms with Crippen LogP contribution in [0.3, 0.4) is 0 Å². The van der Waals surface area contributed by atoms with Crippen LogP contribution in [-0.2, 0) is 4.79 Å². The predicted octanol–water partition coefficient (Wildman–Crippen LogP) is 3.30. The zero-order valence-electron chi connectivity index (χ0n) is 13.9. The molecular weight excluding hydrogens is 376 g/mol. The number of amides is 1. The van der Waals surface area contributed by atoms with Gasteiger partial charge in [-0.25, -0.2) is 5.43 Å². The second kappa shape index (κ2) is 9.84. The molecule has 0 radical (unpaired) electrons. The Hall–Kier alpha value is -2.51. The van der Waals surface area contributed by atoms with Gasteiger partial charge in [-0.2, -0.15) is 5.10 Å². The van der Waals surface area contributed by atoms with Crippen molar-refractivity contribution in [2.24, 2.45) is 5.10 Å². The van der Waals surface area contributed by atoms with E-state index >= 15 is 0 Å². The molecule has 0 bridgehead atoms. The number of aliphatic carboxylic acids is 1. The van der Waals surface area contributed by atoms with E-state index in [1.165, 1.54) is 24.9 Å². The number of hydrogen-bond acceptors (Lipinski definition) is 5. The van der Waals surface area contributed by atoms with E-state index in [1.807, 2.05) is 30.3 Å². The molecule has 0 aliphatic heterocycles. The predicted molar refractivity (Wildman–Crippen MR) is 103 cm³/mol. The molecule has 0 spiro atoms. The fourth-order valence-electron chi connectivity index (χ4n) is 2.08. The number of nitrogens with one attached hydrogen (secondary N) is 1. The Kier molecular flexibility index (Phi) is 7.50. The summed E-state index contributed by atoms with van der Waals surface area (Å²) in [4.78, 5) is 23.2. The summed E-state index contributed by atoms with van der Waals surface area (Å²) in [5.74, 6) is -0.717. The van der Waals surface area contributed by atoms with Crippen LogP contribution in [0.2, 0.25) is 5.02 Å². The summed E-state index contributed by atoms with van der Waals surface area (Å²) < 4.78 is 5.17. The number of rotatable bonds is 8. The number of nitrogens with zero attached hydrogens (tertiary/aromatic N) is 1. The van der Waals surface area contributed by atoms with Crippen molar-refractivity contribution < 1.29 is 19.4 Å². The van der Waals surface area contributed by atoms with E-state index < -0.39 is 11.9 Å². The average Bonchev–Trinajstić information content (AvgIpc) is 2.64. The molecule has 8 heteroatoms. The number of benzene rings is 2. The van der Waals surface area contributed by atoms with E-state index in [0.29, 0.717) is 22.2 Å². The molecule has 2 aromatic carbocycles. The lowest BCUT2D eigenvalue weighted by atomic mass is 10.1. The first kappa shape index (κ1) is 19.8. The molecule has 0 heterocycles. The normalized spacial score (nSPS) is 11.1. The molecule has 0 saturated carbocycles. The number of carboxylic acids is 1. The van der Waals surface area contributed by atoms with Crippen LogP contribution in [0.25, 0.3) is 0 Å². The molecule has 0 atom stereocenters. The number of carbonyl (C=O) groups excluding carboxylic acids is 1. The SMILES string of the molecule is COc1ccc(Cl)cc1C(=O)NN=C(CSCC(=O)O)c1ccccc1. The van der Waals surface area contributed by atoms with Crippen molar-refractivity contribution in [3.05, 3.63) is 64.7 Å². The fraction of sp³-hybridized carbons (Fsp3) is 0.167. The number of carboxylic acid groups (broad SMARTS) is 1. The van der Waals surface area contributed by atoms with Crippen molar-refractivity contribution in [1.82, 2.24) is 5.43 Å². The van der Waals surface area contributed by atoms with Gasteiger partial charge in [0.1, 0.15) is 5.75 Å². The molecule has 2 aromatic rings. The maximum atomic E-state index is 12.4. The standard InChI is InChI=1S/C18H17ClN2O4S/c1-25-16-8-7-13(19)9-14(16)18(24)21-20-15(10-26-11-17(22)23)12-5-3-2-4-6-12/h2-9H,10-11H2,1H3,(H,21,24)(H,22,23). The maximum absolute atomic E-state index is 12.4. The highest BCUT2D eigenvalue weighted by molar-refractivity contribution is 8.00. The molecule has 26 heavy (non-hydrogen) atoms. The van der Waals surface area contributed by atoms with Crippen LogP contribution in [0.4, 0.5) is 0 Å². The van der Waals surface area contributed by atoms with Crippen molar-refractivity contribution in [1.29, 1.82) is 0 Å². The Morgan fingerprint density at radius 3 is 2.58 bits per heavy atom. The van der Waals surface area contributed by atoms with Crippen LogP contribution >= 0.6 is 23.4 Å². The van der Waals surface area contributed by atoms with Crippen LogP contribution in [0.5, 0.6) is 5.75 Å².